The third-order valence-corrected chi connectivity index (χ3v) is 3.02. The second-order valence-electron chi connectivity index (χ2n) is 4.32. The molecule has 20 heavy (non-hydrogen) atoms. The number of nitrogens with one attached hydrogen (secondary N) is 1. The van der Waals surface area contributed by atoms with E-state index in [1.807, 2.05) is 26.1 Å². The van der Waals surface area contributed by atoms with Crippen LogP contribution in [0.3, 0.4) is 0 Å². The highest BCUT2D eigenvalue weighted by Crippen LogP contribution is 2.22. The van der Waals surface area contributed by atoms with E-state index >= 15 is 0 Å². The van der Waals surface area contributed by atoms with Crippen LogP contribution >= 0.6 is 0 Å². The minimum atomic E-state index is 0.618. The molecule has 1 N–H and O–H groups in total. The summed E-state index contributed by atoms with van der Waals surface area (Å²) in [5, 5.41) is 17.1. The summed E-state index contributed by atoms with van der Waals surface area (Å²) < 4.78 is 1.74. The highest BCUT2D eigenvalue weighted by molar-refractivity contribution is 5.87. The Morgan fingerprint density at radius 1 is 1.20 bits per heavy atom. The molecule has 0 fully saturated rings. The first-order valence-electron chi connectivity index (χ1n) is 6.13. The number of nitriles is 1. The minimum Gasteiger partial charge on any atom is -0.372 e. The van der Waals surface area contributed by atoms with Crippen LogP contribution in [0.4, 0.5) is 5.82 Å². The van der Waals surface area contributed by atoms with Crippen LogP contribution in [0.5, 0.6) is 0 Å². The van der Waals surface area contributed by atoms with E-state index in [0.29, 0.717) is 11.4 Å². The summed E-state index contributed by atoms with van der Waals surface area (Å²) in [5.74, 6) is 1.43. The maximum absolute atomic E-state index is 8.83. The van der Waals surface area contributed by atoms with Crippen molar-refractivity contribution in [3.63, 3.8) is 0 Å². The summed E-state index contributed by atoms with van der Waals surface area (Å²) in [5.41, 5.74) is 2.22. The van der Waals surface area contributed by atoms with E-state index in [0.717, 1.165) is 22.5 Å². The fraction of sp³-hybridized carbons (Fsp3) is 0.143. The van der Waals surface area contributed by atoms with Gasteiger partial charge in [-0.15, -0.1) is 0 Å². The van der Waals surface area contributed by atoms with E-state index in [9.17, 15) is 0 Å². The molecule has 6 heteroatoms. The molecule has 0 aliphatic carbocycles. The number of aromatic nitrogens is 4. The molecule has 0 aliphatic rings. The van der Waals surface area contributed by atoms with Gasteiger partial charge in [-0.2, -0.15) is 10.4 Å². The standard InChI is InChI=1S/C14H12N6/c1-9-18-13(16-2)12-8-17-20(14(12)19-9)11-5-3-10(7-15)4-6-11/h3-6,8H,1-2H3,(H,16,18,19). The monoisotopic (exact) mass is 264 g/mol. The summed E-state index contributed by atoms with van der Waals surface area (Å²) >= 11 is 0. The Morgan fingerprint density at radius 3 is 2.60 bits per heavy atom. The van der Waals surface area contributed by atoms with Crippen molar-refractivity contribution in [2.75, 3.05) is 12.4 Å². The third kappa shape index (κ3) is 1.86. The largest absolute Gasteiger partial charge is 0.372 e. The fourth-order valence-corrected chi connectivity index (χ4v) is 2.07. The Balaban J connectivity index is 2.21. The van der Waals surface area contributed by atoms with Gasteiger partial charge in [0.1, 0.15) is 11.6 Å². The van der Waals surface area contributed by atoms with Gasteiger partial charge in [0, 0.05) is 7.05 Å². The second kappa shape index (κ2) is 4.63. The Labute approximate surface area is 115 Å². The first-order chi connectivity index (χ1) is 9.72. The molecule has 0 bridgehead atoms. The predicted molar refractivity (Wildman–Crippen MR) is 75.7 cm³/mol. The number of hydrogen-bond acceptors (Lipinski definition) is 5. The van der Waals surface area contributed by atoms with Gasteiger partial charge in [0.15, 0.2) is 5.65 Å². The molecule has 3 rings (SSSR count). The number of aryl methyl sites for hydroxylation is 1. The van der Waals surface area contributed by atoms with Crippen molar-refractivity contribution in [2.45, 2.75) is 6.92 Å². The quantitative estimate of drug-likeness (QED) is 0.766. The maximum Gasteiger partial charge on any atom is 0.168 e. The summed E-state index contributed by atoms with van der Waals surface area (Å²) in [6.45, 7) is 1.84. The first-order valence-corrected chi connectivity index (χ1v) is 6.13. The molecule has 0 aliphatic heterocycles. The van der Waals surface area contributed by atoms with Crippen molar-refractivity contribution in [1.82, 2.24) is 19.7 Å². The molecule has 0 saturated heterocycles. The van der Waals surface area contributed by atoms with Gasteiger partial charge < -0.3 is 5.32 Å². The molecule has 2 heterocycles. The zero-order chi connectivity index (χ0) is 14.1. The van der Waals surface area contributed by atoms with Crippen LogP contribution in [0, 0.1) is 18.3 Å². The summed E-state index contributed by atoms with van der Waals surface area (Å²) in [6, 6.07) is 9.32. The molecule has 0 saturated carbocycles. The summed E-state index contributed by atoms with van der Waals surface area (Å²) in [7, 11) is 1.82. The van der Waals surface area contributed by atoms with Crippen molar-refractivity contribution in [2.24, 2.45) is 0 Å². The lowest BCUT2D eigenvalue weighted by Crippen LogP contribution is -2.01. The van der Waals surface area contributed by atoms with Gasteiger partial charge in [-0.25, -0.2) is 14.6 Å². The summed E-state index contributed by atoms with van der Waals surface area (Å²) in [6.07, 6.45) is 1.73. The van der Waals surface area contributed by atoms with Crippen LogP contribution in [0.2, 0.25) is 0 Å². The van der Waals surface area contributed by atoms with Crippen molar-refractivity contribution >= 4 is 16.9 Å². The molecule has 2 aromatic heterocycles. The average molecular weight is 264 g/mol. The number of hydrogen-bond donors (Lipinski definition) is 1. The van der Waals surface area contributed by atoms with Gasteiger partial charge in [0.05, 0.1) is 28.9 Å². The highest BCUT2D eigenvalue weighted by Gasteiger charge is 2.11. The highest BCUT2D eigenvalue weighted by atomic mass is 15.3. The van der Waals surface area contributed by atoms with Crippen LogP contribution in [0.1, 0.15) is 11.4 Å². The van der Waals surface area contributed by atoms with Crippen molar-refractivity contribution in [3.05, 3.63) is 41.9 Å². The Morgan fingerprint density at radius 2 is 1.95 bits per heavy atom. The molecule has 1 aromatic carbocycles. The van der Waals surface area contributed by atoms with E-state index in [2.05, 4.69) is 26.5 Å². The first kappa shape index (κ1) is 12.1. The number of nitrogens with zero attached hydrogens (tertiary/aromatic N) is 5. The lowest BCUT2D eigenvalue weighted by Gasteiger charge is -2.05. The van der Waals surface area contributed by atoms with E-state index in [1.165, 1.54) is 0 Å². The number of rotatable bonds is 2. The van der Waals surface area contributed by atoms with E-state index in [-0.39, 0.29) is 0 Å². The zero-order valence-corrected chi connectivity index (χ0v) is 11.1. The van der Waals surface area contributed by atoms with E-state index < -0.39 is 0 Å². The molecule has 0 spiro atoms. The smallest absolute Gasteiger partial charge is 0.168 e. The van der Waals surface area contributed by atoms with Gasteiger partial charge in [-0.1, -0.05) is 0 Å². The summed E-state index contributed by atoms with van der Waals surface area (Å²) in [4.78, 5) is 8.78. The predicted octanol–water partition coefficient (Wildman–Crippen LogP) is 2.04. The van der Waals surface area contributed by atoms with Crippen LogP contribution in [0.15, 0.2) is 30.5 Å². The van der Waals surface area contributed by atoms with Crippen LogP contribution < -0.4 is 5.32 Å². The third-order valence-electron chi connectivity index (χ3n) is 3.02. The van der Waals surface area contributed by atoms with Gasteiger partial charge in [-0.05, 0) is 31.2 Å². The van der Waals surface area contributed by atoms with E-state index in [4.69, 9.17) is 5.26 Å². The fourth-order valence-electron chi connectivity index (χ4n) is 2.07. The topological polar surface area (TPSA) is 79.4 Å². The Kier molecular flexibility index (Phi) is 2.80. The molecular formula is C14H12N6. The van der Waals surface area contributed by atoms with Crippen molar-refractivity contribution in [3.8, 4) is 11.8 Å². The van der Waals surface area contributed by atoms with Crippen molar-refractivity contribution < 1.29 is 0 Å². The average Bonchev–Trinajstić information content (AvgIpc) is 2.90. The lowest BCUT2D eigenvalue weighted by molar-refractivity contribution is 0.889. The maximum atomic E-state index is 8.83. The Bertz CT molecular complexity index is 810. The number of benzene rings is 1. The molecular weight excluding hydrogens is 252 g/mol. The second-order valence-corrected chi connectivity index (χ2v) is 4.32. The molecule has 6 nitrogen and oxygen atoms in total. The van der Waals surface area contributed by atoms with Gasteiger partial charge in [0.2, 0.25) is 0 Å². The van der Waals surface area contributed by atoms with Crippen LogP contribution in [0.25, 0.3) is 16.7 Å². The molecule has 3 aromatic rings. The van der Waals surface area contributed by atoms with Gasteiger partial charge in [0.25, 0.3) is 0 Å². The minimum absolute atomic E-state index is 0.618. The molecule has 0 unspecified atom stereocenters. The zero-order valence-electron chi connectivity index (χ0n) is 11.1. The molecule has 98 valence electrons. The Hall–Kier alpha value is -2.94. The molecule has 0 atom stereocenters. The van der Waals surface area contributed by atoms with E-state index in [1.54, 1.807) is 23.0 Å². The van der Waals surface area contributed by atoms with Gasteiger partial charge >= 0.3 is 0 Å². The normalized spacial score (nSPS) is 10.4. The van der Waals surface area contributed by atoms with Crippen LogP contribution in [-0.4, -0.2) is 26.8 Å². The number of anilines is 1. The van der Waals surface area contributed by atoms with Crippen LogP contribution in [-0.2, 0) is 0 Å². The molecule has 0 radical (unpaired) electrons. The lowest BCUT2D eigenvalue weighted by atomic mass is 10.2. The number of fused-ring (bicyclic) bond motifs is 1. The van der Waals surface area contributed by atoms with Crippen molar-refractivity contribution in [1.29, 1.82) is 5.26 Å². The van der Waals surface area contributed by atoms with Gasteiger partial charge in [-0.3, -0.25) is 0 Å². The molecule has 0 amide bonds. The SMILES string of the molecule is CNc1nc(C)nc2c1cnn2-c1ccc(C#N)cc1.